The monoisotopic (exact) mass is 339 g/mol. The Balaban J connectivity index is 1.78. The van der Waals surface area contributed by atoms with Crippen LogP contribution in [0.4, 0.5) is 0 Å². The number of unbranched alkanes of at least 4 members (excludes halogenated alkanes) is 1. The van der Waals surface area contributed by atoms with E-state index in [1.165, 1.54) is 37.0 Å². The maximum absolute atomic E-state index is 6.12. The van der Waals surface area contributed by atoms with E-state index in [9.17, 15) is 0 Å². The summed E-state index contributed by atoms with van der Waals surface area (Å²) >= 11 is 8.02. The lowest BCUT2D eigenvalue weighted by atomic mass is 9.96. The summed E-state index contributed by atoms with van der Waals surface area (Å²) in [4.78, 5) is 4.31. The lowest BCUT2D eigenvalue weighted by Gasteiger charge is -2.19. The zero-order valence-electron chi connectivity index (χ0n) is 13.5. The maximum atomic E-state index is 6.12. The minimum absolute atomic E-state index is 0.237. The van der Waals surface area contributed by atoms with Gasteiger partial charge in [-0.2, -0.15) is 11.8 Å². The van der Waals surface area contributed by atoms with Crippen molar-refractivity contribution in [3.05, 3.63) is 34.9 Å². The molecule has 5 heteroatoms. The van der Waals surface area contributed by atoms with Gasteiger partial charge in [0, 0.05) is 30.6 Å². The van der Waals surface area contributed by atoms with Gasteiger partial charge in [0.05, 0.1) is 0 Å². The molecule has 0 saturated heterocycles. The van der Waals surface area contributed by atoms with E-state index in [2.05, 4.69) is 34.0 Å². The Morgan fingerprint density at radius 3 is 2.77 bits per heavy atom. The normalized spacial score (nSPS) is 16.4. The van der Waals surface area contributed by atoms with Crippen molar-refractivity contribution in [2.24, 2.45) is 4.99 Å². The van der Waals surface area contributed by atoms with Crippen molar-refractivity contribution >= 4 is 29.3 Å². The molecule has 0 unspecified atom stereocenters. The average Bonchev–Trinajstić information content (AvgIpc) is 3.31. The molecule has 0 spiro atoms. The highest BCUT2D eigenvalue weighted by Gasteiger charge is 2.44. The van der Waals surface area contributed by atoms with Gasteiger partial charge in [0.15, 0.2) is 5.96 Å². The Kier molecular flexibility index (Phi) is 6.90. The van der Waals surface area contributed by atoms with Crippen molar-refractivity contribution in [2.45, 2.75) is 31.1 Å². The molecular formula is C17H26ClN3S. The Morgan fingerprint density at radius 2 is 2.14 bits per heavy atom. The fraction of sp³-hybridized carbons (Fsp3) is 0.588. The SMILES string of the molecule is CN=C(NCCCCSC)NCC1(c2cccc(Cl)c2)CC1. The number of guanidine groups is 1. The largest absolute Gasteiger partial charge is 0.356 e. The van der Waals surface area contributed by atoms with Crippen LogP contribution in [0.15, 0.2) is 29.3 Å². The molecule has 0 aromatic heterocycles. The maximum Gasteiger partial charge on any atom is 0.191 e. The van der Waals surface area contributed by atoms with Crippen LogP contribution in [0.5, 0.6) is 0 Å². The number of aliphatic imine (C=N–C) groups is 1. The molecule has 1 fully saturated rings. The summed E-state index contributed by atoms with van der Waals surface area (Å²) in [6.45, 7) is 1.89. The van der Waals surface area contributed by atoms with Crippen LogP contribution in [-0.2, 0) is 5.41 Å². The molecule has 2 N–H and O–H groups in total. The van der Waals surface area contributed by atoms with Crippen LogP contribution in [0.1, 0.15) is 31.2 Å². The predicted octanol–water partition coefficient (Wildman–Crippen LogP) is 3.68. The second-order valence-corrected chi connectivity index (χ2v) is 7.27. The quantitative estimate of drug-likeness (QED) is 0.431. The highest BCUT2D eigenvalue weighted by atomic mass is 35.5. The lowest BCUT2D eigenvalue weighted by Crippen LogP contribution is -2.41. The molecule has 0 radical (unpaired) electrons. The molecule has 1 aromatic carbocycles. The van der Waals surface area contributed by atoms with Gasteiger partial charge in [-0.1, -0.05) is 23.7 Å². The van der Waals surface area contributed by atoms with Gasteiger partial charge in [0.25, 0.3) is 0 Å². The van der Waals surface area contributed by atoms with Crippen molar-refractivity contribution in [1.29, 1.82) is 0 Å². The number of nitrogens with one attached hydrogen (secondary N) is 2. The fourth-order valence-corrected chi connectivity index (χ4v) is 3.27. The van der Waals surface area contributed by atoms with Gasteiger partial charge in [0.1, 0.15) is 0 Å². The van der Waals surface area contributed by atoms with Crippen LogP contribution in [0, 0.1) is 0 Å². The van der Waals surface area contributed by atoms with E-state index >= 15 is 0 Å². The number of thioether (sulfide) groups is 1. The van der Waals surface area contributed by atoms with Crippen molar-refractivity contribution in [3.8, 4) is 0 Å². The summed E-state index contributed by atoms with van der Waals surface area (Å²) in [5, 5.41) is 7.69. The lowest BCUT2D eigenvalue weighted by molar-refractivity contribution is 0.641. The van der Waals surface area contributed by atoms with Gasteiger partial charge in [-0.15, -0.1) is 0 Å². The third-order valence-corrected chi connectivity index (χ3v) is 5.11. The number of hydrogen-bond acceptors (Lipinski definition) is 2. The second-order valence-electron chi connectivity index (χ2n) is 5.84. The second kappa shape index (κ2) is 8.68. The Morgan fingerprint density at radius 1 is 1.32 bits per heavy atom. The topological polar surface area (TPSA) is 36.4 Å². The summed E-state index contributed by atoms with van der Waals surface area (Å²) in [5.41, 5.74) is 1.57. The molecule has 3 nitrogen and oxygen atoms in total. The van der Waals surface area contributed by atoms with Gasteiger partial charge in [-0.25, -0.2) is 0 Å². The van der Waals surface area contributed by atoms with Crippen molar-refractivity contribution < 1.29 is 0 Å². The van der Waals surface area contributed by atoms with Gasteiger partial charge in [-0.3, -0.25) is 4.99 Å². The first kappa shape index (κ1) is 17.5. The first-order chi connectivity index (χ1) is 10.7. The van der Waals surface area contributed by atoms with E-state index < -0.39 is 0 Å². The summed E-state index contributed by atoms with van der Waals surface area (Å²) in [6.07, 6.45) is 7.01. The molecule has 0 amide bonds. The standard InChI is InChI=1S/C17H26ClN3S/c1-19-16(20-10-3-4-11-22-2)21-13-17(8-9-17)14-6-5-7-15(18)12-14/h5-7,12H,3-4,8-11,13H2,1-2H3,(H2,19,20,21). The molecule has 0 bridgehead atoms. The predicted molar refractivity (Wildman–Crippen MR) is 99.3 cm³/mol. The van der Waals surface area contributed by atoms with Crippen molar-refractivity contribution in [2.75, 3.05) is 32.1 Å². The number of nitrogens with zero attached hydrogens (tertiary/aromatic N) is 1. The van der Waals surface area contributed by atoms with Crippen LogP contribution in [0.25, 0.3) is 0 Å². The van der Waals surface area contributed by atoms with E-state index in [0.717, 1.165) is 24.1 Å². The first-order valence-electron chi connectivity index (χ1n) is 7.90. The number of benzene rings is 1. The summed E-state index contributed by atoms with van der Waals surface area (Å²) < 4.78 is 0. The minimum atomic E-state index is 0.237. The molecule has 1 saturated carbocycles. The Labute approximate surface area is 143 Å². The van der Waals surface area contributed by atoms with Crippen LogP contribution in [-0.4, -0.2) is 38.1 Å². The summed E-state index contributed by atoms with van der Waals surface area (Å²) in [5.74, 6) is 2.13. The molecular weight excluding hydrogens is 314 g/mol. The Hall–Kier alpha value is -0.870. The van der Waals surface area contributed by atoms with Crippen molar-refractivity contribution in [1.82, 2.24) is 10.6 Å². The van der Waals surface area contributed by atoms with Crippen LogP contribution in [0.3, 0.4) is 0 Å². The smallest absolute Gasteiger partial charge is 0.191 e. The van der Waals surface area contributed by atoms with Crippen LogP contribution < -0.4 is 10.6 Å². The van der Waals surface area contributed by atoms with E-state index in [-0.39, 0.29) is 5.41 Å². The molecule has 0 heterocycles. The third kappa shape index (κ3) is 5.10. The van der Waals surface area contributed by atoms with Gasteiger partial charge in [0.2, 0.25) is 0 Å². The summed E-state index contributed by atoms with van der Waals surface area (Å²) in [6, 6.07) is 8.24. The molecule has 0 aliphatic heterocycles. The highest BCUT2D eigenvalue weighted by molar-refractivity contribution is 7.98. The number of halogens is 1. The van der Waals surface area contributed by atoms with Crippen LogP contribution in [0.2, 0.25) is 5.02 Å². The first-order valence-corrected chi connectivity index (χ1v) is 9.67. The molecule has 122 valence electrons. The van der Waals surface area contributed by atoms with Crippen LogP contribution >= 0.6 is 23.4 Å². The van der Waals surface area contributed by atoms with Gasteiger partial charge in [-0.05, 0) is 55.4 Å². The average molecular weight is 340 g/mol. The van der Waals surface area contributed by atoms with Gasteiger partial charge >= 0.3 is 0 Å². The van der Waals surface area contributed by atoms with E-state index in [1.54, 1.807) is 0 Å². The summed E-state index contributed by atoms with van der Waals surface area (Å²) in [7, 11) is 1.83. The van der Waals surface area contributed by atoms with E-state index in [4.69, 9.17) is 11.6 Å². The van der Waals surface area contributed by atoms with E-state index in [1.807, 2.05) is 30.9 Å². The molecule has 0 atom stereocenters. The highest BCUT2D eigenvalue weighted by Crippen LogP contribution is 2.48. The zero-order valence-corrected chi connectivity index (χ0v) is 15.1. The van der Waals surface area contributed by atoms with E-state index in [0.29, 0.717) is 0 Å². The minimum Gasteiger partial charge on any atom is -0.356 e. The van der Waals surface area contributed by atoms with Crippen molar-refractivity contribution in [3.63, 3.8) is 0 Å². The number of rotatable bonds is 8. The zero-order chi connectivity index (χ0) is 15.8. The molecule has 22 heavy (non-hydrogen) atoms. The molecule has 2 rings (SSSR count). The van der Waals surface area contributed by atoms with Gasteiger partial charge < -0.3 is 10.6 Å². The molecule has 1 aliphatic rings. The molecule has 1 aromatic rings. The third-order valence-electron chi connectivity index (χ3n) is 4.18. The fourth-order valence-electron chi connectivity index (χ4n) is 2.59. The molecule has 1 aliphatic carbocycles. The Bertz CT molecular complexity index is 500. The number of hydrogen-bond donors (Lipinski definition) is 2.